The summed E-state index contributed by atoms with van der Waals surface area (Å²) in [6.07, 6.45) is 3.32. The Morgan fingerprint density at radius 2 is 2.21 bits per heavy atom. The molecule has 0 saturated carbocycles. The number of rotatable bonds is 2. The van der Waals surface area contributed by atoms with Gasteiger partial charge in [-0.2, -0.15) is 0 Å². The number of hydrogen-bond acceptors (Lipinski definition) is 2. The second kappa shape index (κ2) is 4.64. The van der Waals surface area contributed by atoms with E-state index in [4.69, 9.17) is 4.74 Å². The Labute approximate surface area is 99.2 Å². The summed E-state index contributed by atoms with van der Waals surface area (Å²) in [6, 6.07) is 0. The Morgan fingerprint density at radius 1 is 1.57 bits per heavy atom. The summed E-state index contributed by atoms with van der Waals surface area (Å²) in [4.78, 5) is 11.7. The predicted molar refractivity (Wildman–Crippen MR) is 65.6 cm³/mol. The standard InChI is InChI=1S/C11H17IO2/c1-11(2)6-4-5-8(7-12)9(11)10(13)14-3/h4-7H2,1-3H3. The minimum absolute atomic E-state index is 0.00809. The maximum atomic E-state index is 11.7. The van der Waals surface area contributed by atoms with Crippen LogP contribution < -0.4 is 0 Å². The van der Waals surface area contributed by atoms with E-state index >= 15 is 0 Å². The van der Waals surface area contributed by atoms with Crippen molar-refractivity contribution < 1.29 is 9.53 Å². The molecule has 0 aliphatic heterocycles. The molecule has 0 radical (unpaired) electrons. The Hall–Kier alpha value is -0.0600. The fourth-order valence-electron chi connectivity index (χ4n) is 2.13. The van der Waals surface area contributed by atoms with Crippen LogP contribution in [0.25, 0.3) is 0 Å². The lowest BCUT2D eigenvalue weighted by atomic mass is 9.73. The third kappa shape index (κ3) is 2.30. The number of carbonyl (C=O) groups is 1. The van der Waals surface area contributed by atoms with Gasteiger partial charge in [-0.3, -0.25) is 0 Å². The summed E-state index contributed by atoms with van der Waals surface area (Å²) in [6.45, 7) is 4.26. The van der Waals surface area contributed by atoms with Crippen LogP contribution in [0.4, 0.5) is 0 Å². The van der Waals surface area contributed by atoms with Crippen molar-refractivity contribution >= 4 is 28.6 Å². The molecule has 0 bridgehead atoms. The van der Waals surface area contributed by atoms with Crippen LogP contribution in [0, 0.1) is 5.41 Å². The highest BCUT2D eigenvalue weighted by atomic mass is 127. The van der Waals surface area contributed by atoms with Gasteiger partial charge in [-0.25, -0.2) is 4.79 Å². The molecule has 0 heterocycles. The fraction of sp³-hybridized carbons (Fsp3) is 0.727. The van der Waals surface area contributed by atoms with Gasteiger partial charge in [0.05, 0.1) is 7.11 Å². The van der Waals surface area contributed by atoms with Crippen LogP contribution in [0.5, 0.6) is 0 Å². The van der Waals surface area contributed by atoms with Crippen LogP contribution in [0.3, 0.4) is 0 Å². The monoisotopic (exact) mass is 308 g/mol. The molecule has 0 atom stereocenters. The lowest BCUT2D eigenvalue weighted by molar-refractivity contribution is -0.137. The van der Waals surface area contributed by atoms with Crippen molar-refractivity contribution in [2.24, 2.45) is 5.41 Å². The van der Waals surface area contributed by atoms with E-state index in [0.29, 0.717) is 0 Å². The summed E-state index contributed by atoms with van der Waals surface area (Å²) >= 11 is 2.32. The van der Waals surface area contributed by atoms with E-state index < -0.39 is 0 Å². The van der Waals surface area contributed by atoms with E-state index in [9.17, 15) is 4.79 Å². The molecule has 0 saturated heterocycles. The number of esters is 1. The van der Waals surface area contributed by atoms with Gasteiger partial charge in [0.1, 0.15) is 0 Å². The lowest BCUT2D eigenvalue weighted by Gasteiger charge is -2.33. The summed E-state index contributed by atoms with van der Waals surface area (Å²) in [5.41, 5.74) is 2.18. The molecule has 1 aliphatic rings. The first-order valence-electron chi connectivity index (χ1n) is 4.89. The first-order valence-corrected chi connectivity index (χ1v) is 6.42. The number of hydrogen-bond donors (Lipinski definition) is 0. The molecule has 0 aromatic rings. The van der Waals surface area contributed by atoms with Crippen LogP contribution in [-0.2, 0) is 9.53 Å². The van der Waals surface area contributed by atoms with Crippen LogP contribution >= 0.6 is 22.6 Å². The van der Waals surface area contributed by atoms with Gasteiger partial charge >= 0.3 is 5.97 Å². The van der Waals surface area contributed by atoms with Gasteiger partial charge in [0.25, 0.3) is 0 Å². The van der Waals surface area contributed by atoms with Crippen LogP contribution in [-0.4, -0.2) is 17.5 Å². The molecule has 0 fully saturated rings. The van der Waals surface area contributed by atoms with Crippen molar-refractivity contribution in [1.82, 2.24) is 0 Å². The third-order valence-electron chi connectivity index (χ3n) is 2.86. The summed E-state index contributed by atoms with van der Waals surface area (Å²) < 4.78 is 5.79. The molecular weight excluding hydrogens is 291 g/mol. The van der Waals surface area contributed by atoms with Crippen LogP contribution in [0.15, 0.2) is 11.1 Å². The normalized spacial score (nSPS) is 20.9. The van der Waals surface area contributed by atoms with Gasteiger partial charge in [-0.15, -0.1) is 0 Å². The van der Waals surface area contributed by atoms with Crippen LogP contribution in [0.1, 0.15) is 33.1 Å². The minimum Gasteiger partial charge on any atom is -0.466 e. The van der Waals surface area contributed by atoms with Crippen molar-refractivity contribution in [3.05, 3.63) is 11.1 Å². The predicted octanol–water partition coefficient (Wildman–Crippen LogP) is 3.10. The largest absolute Gasteiger partial charge is 0.466 e. The van der Waals surface area contributed by atoms with Crippen molar-refractivity contribution in [3.8, 4) is 0 Å². The number of allylic oxidation sites excluding steroid dienone is 1. The topological polar surface area (TPSA) is 26.3 Å². The fourth-order valence-corrected chi connectivity index (χ4v) is 2.89. The van der Waals surface area contributed by atoms with E-state index in [0.717, 1.165) is 22.8 Å². The average molecular weight is 308 g/mol. The smallest absolute Gasteiger partial charge is 0.334 e. The van der Waals surface area contributed by atoms with Crippen molar-refractivity contribution in [1.29, 1.82) is 0 Å². The summed E-state index contributed by atoms with van der Waals surface area (Å²) in [5, 5.41) is 0. The number of halogens is 1. The Balaban J connectivity index is 3.10. The highest BCUT2D eigenvalue weighted by Crippen LogP contribution is 2.41. The molecule has 1 aliphatic carbocycles. The summed E-state index contributed by atoms with van der Waals surface area (Å²) in [5.74, 6) is -0.138. The Bertz CT molecular complexity index is 266. The Morgan fingerprint density at radius 3 is 2.71 bits per heavy atom. The van der Waals surface area contributed by atoms with E-state index in [1.807, 2.05) is 0 Å². The van der Waals surface area contributed by atoms with E-state index in [1.54, 1.807) is 0 Å². The maximum absolute atomic E-state index is 11.7. The van der Waals surface area contributed by atoms with Gasteiger partial charge < -0.3 is 4.74 Å². The molecule has 0 amide bonds. The highest BCUT2D eigenvalue weighted by molar-refractivity contribution is 14.1. The lowest BCUT2D eigenvalue weighted by Crippen LogP contribution is -2.27. The van der Waals surface area contributed by atoms with Gasteiger partial charge in [-0.05, 0) is 30.3 Å². The second-order valence-corrected chi connectivity index (χ2v) is 5.10. The molecule has 0 spiro atoms. The van der Waals surface area contributed by atoms with Gasteiger partial charge in [-0.1, -0.05) is 36.4 Å². The van der Waals surface area contributed by atoms with Gasteiger partial charge in [0.15, 0.2) is 0 Å². The van der Waals surface area contributed by atoms with Gasteiger partial charge in [0, 0.05) is 10.0 Å². The van der Waals surface area contributed by atoms with Crippen molar-refractivity contribution in [2.45, 2.75) is 33.1 Å². The molecule has 2 nitrogen and oxygen atoms in total. The van der Waals surface area contributed by atoms with Crippen molar-refractivity contribution in [3.63, 3.8) is 0 Å². The van der Waals surface area contributed by atoms with E-state index in [-0.39, 0.29) is 11.4 Å². The molecule has 0 unspecified atom stereocenters. The van der Waals surface area contributed by atoms with E-state index in [1.165, 1.54) is 19.1 Å². The molecule has 80 valence electrons. The first kappa shape index (κ1) is 12.0. The van der Waals surface area contributed by atoms with Crippen molar-refractivity contribution in [2.75, 3.05) is 11.5 Å². The molecular formula is C11H17IO2. The molecule has 0 N–H and O–H groups in total. The minimum atomic E-state index is -0.138. The summed E-state index contributed by atoms with van der Waals surface area (Å²) in [7, 11) is 1.46. The number of carbonyl (C=O) groups excluding carboxylic acids is 1. The molecule has 3 heteroatoms. The Kier molecular flexibility index (Phi) is 3.98. The number of ether oxygens (including phenoxy) is 1. The molecule has 0 aromatic carbocycles. The first-order chi connectivity index (χ1) is 6.53. The zero-order chi connectivity index (χ0) is 10.8. The van der Waals surface area contributed by atoms with Crippen LogP contribution in [0.2, 0.25) is 0 Å². The molecule has 0 aromatic heterocycles. The number of methoxy groups -OCH3 is 1. The quantitative estimate of drug-likeness (QED) is 0.445. The van der Waals surface area contributed by atoms with Gasteiger partial charge in [0.2, 0.25) is 0 Å². The maximum Gasteiger partial charge on any atom is 0.334 e. The zero-order valence-electron chi connectivity index (χ0n) is 9.02. The third-order valence-corrected chi connectivity index (χ3v) is 3.78. The average Bonchev–Trinajstić information content (AvgIpc) is 2.15. The highest BCUT2D eigenvalue weighted by Gasteiger charge is 2.34. The molecule has 14 heavy (non-hydrogen) atoms. The second-order valence-electron chi connectivity index (χ2n) is 4.34. The SMILES string of the molecule is COC(=O)C1=C(CI)CCCC1(C)C. The van der Waals surface area contributed by atoms with E-state index in [2.05, 4.69) is 36.4 Å². The molecule has 1 rings (SSSR count). The zero-order valence-corrected chi connectivity index (χ0v) is 11.2. The number of alkyl halides is 1.